The lowest BCUT2D eigenvalue weighted by molar-refractivity contribution is -0.135. The molecule has 0 spiro atoms. The second-order valence-electron chi connectivity index (χ2n) is 4.54. The molecule has 110 valence electrons. The second-order valence-corrected chi connectivity index (χ2v) is 4.54. The number of hydrogen-bond donors (Lipinski definition) is 1. The van der Waals surface area contributed by atoms with E-state index in [9.17, 15) is 22.8 Å². The summed E-state index contributed by atoms with van der Waals surface area (Å²) < 4.78 is 38.4. The first kappa shape index (κ1) is 14.4. The van der Waals surface area contributed by atoms with Gasteiger partial charge in [0.1, 0.15) is 11.3 Å². The van der Waals surface area contributed by atoms with Crippen molar-refractivity contribution < 1.29 is 13.2 Å². The number of nitrogens with one attached hydrogen (secondary N) is 1. The van der Waals surface area contributed by atoms with Crippen LogP contribution >= 0.6 is 0 Å². The molecule has 0 radical (unpaired) electrons. The molecular formula is C11H13F3N4O2. The van der Waals surface area contributed by atoms with E-state index in [1.54, 1.807) is 6.92 Å². The summed E-state index contributed by atoms with van der Waals surface area (Å²) in [5, 5.41) is 0. The molecule has 2 rings (SSSR count). The third kappa shape index (κ3) is 2.61. The largest absolute Gasteiger partial charge is 0.389 e. The van der Waals surface area contributed by atoms with E-state index in [1.807, 2.05) is 0 Å². The van der Waals surface area contributed by atoms with Crippen molar-refractivity contribution >= 4 is 11.2 Å². The minimum atomic E-state index is -4.27. The molecule has 0 aliphatic rings. The van der Waals surface area contributed by atoms with Crippen LogP contribution in [0.1, 0.15) is 18.7 Å². The zero-order valence-electron chi connectivity index (χ0n) is 10.9. The highest BCUT2D eigenvalue weighted by Crippen LogP contribution is 2.21. The SMILES string of the molecule is Cc1nc2c([nH]1)c(=O)n(C)c(=O)n2CCCC(F)(F)F. The third-order valence-electron chi connectivity index (χ3n) is 2.94. The van der Waals surface area contributed by atoms with Gasteiger partial charge in [0.15, 0.2) is 5.65 Å². The standard InChI is InChI=1S/C11H13F3N4O2/c1-6-15-7-8(16-6)18(5-3-4-11(12,13)14)10(20)17(2)9(7)19/h3-5H2,1-2H3,(H,15,16). The number of aromatic amines is 1. The fourth-order valence-corrected chi connectivity index (χ4v) is 1.99. The van der Waals surface area contributed by atoms with Crippen LogP contribution in [0.5, 0.6) is 0 Å². The van der Waals surface area contributed by atoms with Crippen LogP contribution in [-0.2, 0) is 13.6 Å². The quantitative estimate of drug-likeness (QED) is 0.919. The van der Waals surface area contributed by atoms with Crippen LogP contribution in [-0.4, -0.2) is 25.3 Å². The van der Waals surface area contributed by atoms with Crippen molar-refractivity contribution in [1.29, 1.82) is 0 Å². The van der Waals surface area contributed by atoms with Gasteiger partial charge in [0.25, 0.3) is 5.56 Å². The Balaban J connectivity index is 2.47. The van der Waals surface area contributed by atoms with Gasteiger partial charge < -0.3 is 4.98 Å². The summed E-state index contributed by atoms with van der Waals surface area (Å²) in [7, 11) is 1.28. The predicted molar refractivity (Wildman–Crippen MR) is 65.6 cm³/mol. The summed E-state index contributed by atoms with van der Waals surface area (Å²) in [6, 6.07) is 0. The van der Waals surface area contributed by atoms with E-state index in [4.69, 9.17) is 0 Å². The van der Waals surface area contributed by atoms with E-state index in [-0.39, 0.29) is 24.1 Å². The van der Waals surface area contributed by atoms with Gasteiger partial charge in [0, 0.05) is 20.0 Å². The van der Waals surface area contributed by atoms with Gasteiger partial charge >= 0.3 is 11.9 Å². The number of imidazole rings is 1. The molecule has 2 aromatic heterocycles. The number of halogens is 3. The minimum Gasteiger partial charge on any atom is -0.336 e. The monoisotopic (exact) mass is 290 g/mol. The molecule has 6 nitrogen and oxygen atoms in total. The highest BCUT2D eigenvalue weighted by atomic mass is 19.4. The Kier molecular flexibility index (Phi) is 3.45. The fourth-order valence-electron chi connectivity index (χ4n) is 1.99. The number of rotatable bonds is 3. The number of H-pyrrole nitrogens is 1. The van der Waals surface area contributed by atoms with Gasteiger partial charge in [-0.15, -0.1) is 0 Å². The molecule has 0 saturated heterocycles. The van der Waals surface area contributed by atoms with E-state index in [0.717, 1.165) is 9.13 Å². The van der Waals surface area contributed by atoms with Crippen LogP contribution in [0.25, 0.3) is 11.2 Å². The van der Waals surface area contributed by atoms with Gasteiger partial charge in [-0.2, -0.15) is 13.2 Å². The third-order valence-corrected chi connectivity index (χ3v) is 2.94. The first-order valence-electron chi connectivity index (χ1n) is 5.93. The lowest BCUT2D eigenvalue weighted by Crippen LogP contribution is -2.38. The molecule has 9 heteroatoms. The smallest absolute Gasteiger partial charge is 0.336 e. The Morgan fingerprint density at radius 2 is 1.95 bits per heavy atom. The van der Waals surface area contributed by atoms with Gasteiger partial charge in [0.05, 0.1) is 0 Å². The molecule has 0 bridgehead atoms. The lowest BCUT2D eigenvalue weighted by Gasteiger charge is -2.09. The molecule has 0 atom stereocenters. The van der Waals surface area contributed by atoms with E-state index in [0.29, 0.717) is 5.82 Å². The van der Waals surface area contributed by atoms with E-state index in [1.165, 1.54) is 7.05 Å². The Morgan fingerprint density at radius 3 is 2.55 bits per heavy atom. The Hall–Kier alpha value is -2.06. The first-order valence-corrected chi connectivity index (χ1v) is 5.93. The maximum Gasteiger partial charge on any atom is 0.389 e. The van der Waals surface area contributed by atoms with E-state index >= 15 is 0 Å². The number of fused-ring (bicyclic) bond motifs is 1. The van der Waals surface area contributed by atoms with E-state index < -0.39 is 23.8 Å². The number of hydrogen-bond acceptors (Lipinski definition) is 3. The topological polar surface area (TPSA) is 72.7 Å². The van der Waals surface area contributed by atoms with Gasteiger partial charge in [-0.3, -0.25) is 13.9 Å². The number of nitrogens with zero attached hydrogens (tertiary/aromatic N) is 3. The molecule has 2 aromatic rings. The van der Waals surface area contributed by atoms with Crippen molar-refractivity contribution in [2.24, 2.45) is 7.05 Å². The minimum absolute atomic E-state index is 0.0952. The number of aryl methyl sites for hydroxylation is 2. The van der Waals surface area contributed by atoms with Crippen LogP contribution < -0.4 is 11.2 Å². The zero-order chi connectivity index (χ0) is 15.1. The second kappa shape index (κ2) is 4.80. The van der Waals surface area contributed by atoms with Gasteiger partial charge in [-0.05, 0) is 13.3 Å². The van der Waals surface area contributed by atoms with Crippen molar-refractivity contribution in [2.75, 3.05) is 0 Å². The average Bonchev–Trinajstić information content (AvgIpc) is 2.71. The Bertz CT molecular complexity index is 754. The summed E-state index contributed by atoms with van der Waals surface area (Å²) in [5.41, 5.74) is -0.997. The summed E-state index contributed by atoms with van der Waals surface area (Å²) in [6.45, 7) is 1.46. The number of aromatic nitrogens is 4. The van der Waals surface area contributed by atoms with E-state index in [2.05, 4.69) is 9.97 Å². The maximum absolute atomic E-state index is 12.2. The molecule has 0 amide bonds. The highest BCUT2D eigenvalue weighted by molar-refractivity contribution is 5.69. The normalized spacial score (nSPS) is 12.2. The Morgan fingerprint density at radius 1 is 1.30 bits per heavy atom. The molecule has 1 N–H and O–H groups in total. The summed E-state index contributed by atoms with van der Waals surface area (Å²) in [5.74, 6) is 0.423. The fraction of sp³-hybridized carbons (Fsp3) is 0.545. The molecule has 0 saturated carbocycles. The molecule has 0 aromatic carbocycles. The van der Waals surface area contributed by atoms with Crippen LogP contribution in [0, 0.1) is 6.92 Å². The molecule has 20 heavy (non-hydrogen) atoms. The van der Waals surface area contributed by atoms with Crippen molar-refractivity contribution in [3.8, 4) is 0 Å². The Labute approximate surface area is 110 Å². The first-order chi connectivity index (χ1) is 9.20. The molecular weight excluding hydrogens is 277 g/mol. The molecule has 2 heterocycles. The van der Waals surface area contributed by atoms with Crippen LogP contribution in [0.15, 0.2) is 9.59 Å². The van der Waals surface area contributed by atoms with Crippen LogP contribution in [0.2, 0.25) is 0 Å². The zero-order valence-corrected chi connectivity index (χ0v) is 10.9. The average molecular weight is 290 g/mol. The molecule has 0 unspecified atom stereocenters. The molecule has 0 aliphatic carbocycles. The van der Waals surface area contributed by atoms with Crippen molar-refractivity contribution in [3.05, 3.63) is 26.7 Å². The van der Waals surface area contributed by atoms with Gasteiger partial charge in [-0.1, -0.05) is 0 Å². The molecule has 0 fully saturated rings. The maximum atomic E-state index is 12.2. The molecule has 0 aliphatic heterocycles. The lowest BCUT2D eigenvalue weighted by atomic mass is 10.3. The summed E-state index contributed by atoms with van der Waals surface area (Å²) in [6.07, 6.45) is -5.51. The van der Waals surface area contributed by atoms with Crippen LogP contribution in [0.4, 0.5) is 13.2 Å². The van der Waals surface area contributed by atoms with Crippen molar-refractivity contribution in [3.63, 3.8) is 0 Å². The predicted octanol–water partition coefficient (Wildman–Crippen LogP) is 1.07. The van der Waals surface area contributed by atoms with Gasteiger partial charge in [0.2, 0.25) is 0 Å². The summed E-state index contributed by atoms with van der Waals surface area (Å²) in [4.78, 5) is 30.5. The summed E-state index contributed by atoms with van der Waals surface area (Å²) >= 11 is 0. The highest BCUT2D eigenvalue weighted by Gasteiger charge is 2.26. The van der Waals surface area contributed by atoms with Gasteiger partial charge in [-0.25, -0.2) is 9.78 Å². The van der Waals surface area contributed by atoms with Crippen molar-refractivity contribution in [2.45, 2.75) is 32.5 Å². The van der Waals surface area contributed by atoms with Crippen molar-refractivity contribution in [1.82, 2.24) is 19.1 Å². The number of alkyl halides is 3. The van der Waals surface area contributed by atoms with Crippen LogP contribution in [0.3, 0.4) is 0 Å².